The summed E-state index contributed by atoms with van der Waals surface area (Å²) in [6.45, 7) is 1.80. The lowest BCUT2D eigenvalue weighted by molar-refractivity contribution is -0.384. The molecule has 0 fully saturated rings. The third-order valence-electron chi connectivity index (χ3n) is 5.45. The fourth-order valence-electron chi connectivity index (χ4n) is 3.83. The van der Waals surface area contributed by atoms with Crippen LogP contribution in [0.15, 0.2) is 82.6 Å². The van der Waals surface area contributed by atoms with E-state index >= 15 is 0 Å². The minimum Gasteiger partial charge on any atom is -0.456 e. The van der Waals surface area contributed by atoms with E-state index in [0.29, 0.717) is 27.7 Å². The Kier molecular flexibility index (Phi) is 5.50. The number of aromatic nitrogens is 1. The molecule has 0 amide bonds. The second-order valence-corrected chi connectivity index (χ2v) is 8.57. The van der Waals surface area contributed by atoms with Crippen LogP contribution in [0.3, 0.4) is 0 Å². The molecule has 0 aliphatic rings. The Morgan fingerprint density at radius 3 is 2.74 bits per heavy atom. The first-order chi connectivity index (χ1) is 16.5. The molecule has 0 radical (unpaired) electrons. The maximum absolute atomic E-state index is 11.5. The maximum Gasteiger partial charge on any atom is 0.280 e. The van der Waals surface area contributed by atoms with E-state index in [2.05, 4.69) is 24.3 Å². The number of furan rings is 1. The van der Waals surface area contributed by atoms with Gasteiger partial charge in [0, 0.05) is 23.1 Å². The number of fused-ring (bicyclic) bond motifs is 1. The Morgan fingerprint density at radius 1 is 1.09 bits per heavy atom. The van der Waals surface area contributed by atoms with Crippen molar-refractivity contribution in [3.8, 4) is 28.7 Å². The molecule has 0 saturated carbocycles. The highest BCUT2D eigenvalue weighted by Gasteiger charge is 2.18. The number of thiazole rings is 1. The summed E-state index contributed by atoms with van der Waals surface area (Å²) in [5.74, 6) is 0.786. The number of nitro benzene ring substituents is 1. The largest absolute Gasteiger partial charge is 0.456 e. The maximum atomic E-state index is 11.5. The molecule has 0 aliphatic carbocycles. The summed E-state index contributed by atoms with van der Waals surface area (Å²) in [7, 11) is 0. The number of nitro groups is 1. The Bertz CT molecular complexity index is 1620. The van der Waals surface area contributed by atoms with E-state index in [9.17, 15) is 15.4 Å². The van der Waals surface area contributed by atoms with Gasteiger partial charge in [-0.1, -0.05) is 48.5 Å². The van der Waals surface area contributed by atoms with Gasteiger partial charge in [-0.3, -0.25) is 10.1 Å². The summed E-state index contributed by atoms with van der Waals surface area (Å²) >= 11 is 1.38. The highest BCUT2D eigenvalue weighted by Crippen LogP contribution is 2.34. The van der Waals surface area contributed by atoms with Crippen LogP contribution >= 0.6 is 11.3 Å². The highest BCUT2D eigenvalue weighted by atomic mass is 32.1. The molecule has 5 rings (SSSR count). The van der Waals surface area contributed by atoms with Crippen molar-refractivity contribution in [3.63, 3.8) is 0 Å². The lowest BCUT2D eigenvalue weighted by Crippen LogP contribution is -1.92. The van der Waals surface area contributed by atoms with Crippen molar-refractivity contribution in [2.75, 3.05) is 0 Å². The zero-order valence-corrected chi connectivity index (χ0v) is 18.9. The molecule has 6 nitrogen and oxygen atoms in total. The molecule has 7 heteroatoms. The van der Waals surface area contributed by atoms with Crippen LogP contribution in [0.1, 0.15) is 16.3 Å². The van der Waals surface area contributed by atoms with Crippen molar-refractivity contribution in [1.29, 1.82) is 5.26 Å². The summed E-state index contributed by atoms with van der Waals surface area (Å²) in [6, 6.07) is 24.7. The summed E-state index contributed by atoms with van der Waals surface area (Å²) in [4.78, 5) is 15.7. The Balaban J connectivity index is 1.49. The third kappa shape index (κ3) is 3.98. The lowest BCUT2D eigenvalue weighted by atomic mass is 10.0. The molecule has 0 N–H and O–H groups in total. The van der Waals surface area contributed by atoms with Crippen molar-refractivity contribution >= 4 is 39.4 Å². The molecule has 0 unspecified atom stereocenters. The van der Waals surface area contributed by atoms with Crippen LogP contribution in [0.2, 0.25) is 0 Å². The predicted octanol–water partition coefficient (Wildman–Crippen LogP) is 7.50. The van der Waals surface area contributed by atoms with E-state index in [1.54, 1.807) is 37.3 Å². The van der Waals surface area contributed by atoms with Gasteiger partial charge in [-0.25, -0.2) is 4.98 Å². The Hall–Kier alpha value is -4.54. The van der Waals surface area contributed by atoms with Gasteiger partial charge in [-0.2, -0.15) is 5.26 Å². The third-order valence-corrected chi connectivity index (χ3v) is 6.32. The van der Waals surface area contributed by atoms with E-state index in [1.807, 2.05) is 29.6 Å². The number of aryl methyl sites for hydroxylation is 1. The number of benzene rings is 3. The number of hydrogen-bond donors (Lipinski definition) is 0. The van der Waals surface area contributed by atoms with Gasteiger partial charge in [0.1, 0.15) is 22.6 Å². The van der Waals surface area contributed by atoms with Crippen LogP contribution in [-0.2, 0) is 0 Å². The number of hydrogen-bond acceptors (Lipinski definition) is 6. The highest BCUT2D eigenvalue weighted by molar-refractivity contribution is 7.11. The van der Waals surface area contributed by atoms with Crippen molar-refractivity contribution in [2.45, 2.75) is 6.92 Å². The SMILES string of the molecule is Cc1ccc(-c2ccc(C=C(C#N)c3nc(-c4cccc5ccccc45)cs3)o2)c([N+](=O)[O-])c1. The predicted molar refractivity (Wildman–Crippen MR) is 134 cm³/mol. The average molecular weight is 464 g/mol. The van der Waals surface area contributed by atoms with Crippen LogP contribution in [0.5, 0.6) is 0 Å². The molecule has 2 aromatic heterocycles. The number of nitriles is 1. The minimum atomic E-state index is -0.425. The molecule has 0 spiro atoms. The van der Waals surface area contributed by atoms with Crippen molar-refractivity contribution in [1.82, 2.24) is 4.98 Å². The van der Waals surface area contributed by atoms with Crippen LogP contribution in [-0.4, -0.2) is 9.91 Å². The number of nitrogens with zero attached hydrogens (tertiary/aromatic N) is 3. The second-order valence-electron chi connectivity index (χ2n) is 7.71. The van der Waals surface area contributed by atoms with E-state index in [4.69, 9.17) is 9.40 Å². The van der Waals surface area contributed by atoms with Gasteiger partial charge in [0.2, 0.25) is 0 Å². The summed E-state index contributed by atoms with van der Waals surface area (Å²) in [6.07, 6.45) is 1.61. The molecule has 3 aromatic carbocycles. The minimum absolute atomic E-state index is 0.0231. The van der Waals surface area contributed by atoms with Crippen LogP contribution in [0.4, 0.5) is 5.69 Å². The first-order valence-corrected chi connectivity index (χ1v) is 11.3. The lowest BCUT2D eigenvalue weighted by Gasteiger charge is -2.03. The van der Waals surface area contributed by atoms with Crippen molar-refractivity contribution < 1.29 is 9.34 Å². The quantitative estimate of drug-likeness (QED) is 0.153. The van der Waals surface area contributed by atoms with E-state index in [1.165, 1.54) is 17.4 Å². The summed E-state index contributed by atoms with van der Waals surface area (Å²) in [5, 5.41) is 26.0. The van der Waals surface area contributed by atoms with E-state index in [0.717, 1.165) is 27.6 Å². The van der Waals surface area contributed by atoms with Gasteiger partial charge in [0.05, 0.1) is 21.8 Å². The van der Waals surface area contributed by atoms with E-state index < -0.39 is 4.92 Å². The van der Waals surface area contributed by atoms with Crippen LogP contribution in [0.25, 0.3) is 45.0 Å². The molecule has 5 aromatic rings. The van der Waals surface area contributed by atoms with Crippen molar-refractivity contribution in [2.24, 2.45) is 0 Å². The number of allylic oxidation sites excluding steroid dienone is 1. The Morgan fingerprint density at radius 2 is 1.91 bits per heavy atom. The fourth-order valence-corrected chi connectivity index (χ4v) is 4.62. The zero-order valence-electron chi connectivity index (χ0n) is 18.1. The number of rotatable bonds is 5. The molecule has 164 valence electrons. The smallest absolute Gasteiger partial charge is 0.280 e. The first-order valence-electron chi connectivity index (χ1n) is 10.4. The van der Waals surface area contributed by atoms with Crippen LogP contribution < -0.4 is 0 Å². The molecule has 34 heavy (non-hydrogen) atoms. The van der Waals surface area contributed by atoms with E-state index in [-0.39, 0.29) is 5.69 Å². The molecule has 2 heterocycles. The molecule has 0 saturated heterocycles. The average Bonchev–Trinajstić information content (AvgIpc) is 3.52. The van der Waals surface area contributed by atoms with Gasteiger partial charge in [0.15, 0.2) is 0 Å². The molecule has 0 atom stereocenters. The Labute approximate surface area is 199 Å². The second kappa shape index (κ2) is 8.77. The van der Waals surface area contributed by atoms with Gasteiger partial charge < -0.3 is 4.42 Å². The zero-order chi connectivity index (χ0) is 23.7. The van der Waals surface area contributed by atoms with Gasteiger partial charge in [-0.15, -0.1) is 11.3 Å². The normalized spacial score (nSPS) is 11.5. The topological polar surface area (TPSA) is 93.0 Å². The molecular formula is C27H17N3O3S. The molecule has 0 aliphatic heterocycles. The van der Waals surface area contributed by atoms with Gasteiger partial charge in [-0.05, 0) is 41.5 Å². The first kappa shape index (κ1) is 21.3. The summed E-state index contributed by atoms with van der Waals surface area (Å²) < 4.78 is 5.85. The van der Waals surface area contributed by atoms with Crippen molar-refractivity contribution in [3.05, 3.63) is 105 Å². The van der Waals surface area contributed by atoms with Gasteiger partial charge in [0.25, 0.3) is 5.69 Å². The van der Waals surface area contributed by atoms with Crippen LogP contribution in [0, 0.1) is 28.4 Å². The molecular weight excluding hydrogens is 446 g/mol. The monoisotopic (exact) mass is 463 g/mol. The van der Waals surface area contributed by atoms with Gasteiger partial charge >= 0.3 is 0 Å². The fraction of sp³-hybridized carbons (Fsp3) is 0.0370. The molecule has 0 bridgehead atoms. The standard InChI is InChI=1S/C27H17N3O3S/c1-17-9-11-23(25(13-17)30(31)32)26-12-10-20(33-26)14-19(15-28)27-29-24(16-34-27)22-8-4-6-18-5-2-3-7-21(18)22/h2-14,16H,1H3. The summed E-state index contributed by atoms with van der Waals surface area (Å²) in [5.41, 5.74) is 3.32.